The number of anilines is 3. The van der Waals surface area contributed by atoms with E-state index >= 15 is 0 Å². The number of nitrogens with one attached hydrogen (secondary N) is 3. The molecule has 3 rings (SSSR count). The van der Waals surface area contributed by atoms with Crippen LogP contribution < -0.4 is 30.4 Å². The van der Waals surface area contributed by atoms with Crippen LogP contribution >= 0.6 is 23.2 Å². The summed E-state index contributed by atoms with van der Waals surface area (Å²) < 4.78 is 15.8. The van der Waals surface area contributed by atoms with Crippen molar-refractivity contribution in [2.75, 3.05) is 31.6 Å². The molecule has 12 nitrogen and oxygen atoms in total. The zero-order chi connectivity index (χ0) is 24.7. The Morgan fingerprint density at radius 3 is 2.50 bits per heavy atom. The lowest BCUT2D eigenvalue weighted by atomic mass is 10.2. The number of rotatable bonds is 10. The van der Waals surface area contributed by atoms with Gasteiger partial charge in [-0.05, 0) is 30.3 Å². The predicted molar refractivity (Wildman–Crippen MR) is 125 cm³/mol. The maximum atomic E-state index is 12.1. The predicted octanol–water partition coefficient (Wildman–Crippen LogP) is 3.97. The number of carbonyl (C=O) groups is 1. The van der Waals surface area contributed by atoms with Crippen molar-refractivity contribution < 1.29 is 23.9 Å². The van der Waals surface area contributed by atoms with Gasteiger partial charge in [0, 0.05) is 11.1 Å². The largest absolute Gasteiger partial charge is 0.497 e. The zero-order valence-electron chi connectivity index (χ0n) is 17.8. The minimum absolute atomic E-state index is 0.135. The molecule has 0 bridgehead atoms. The Morgan fingerprint density at radius 2 is 1.82 bits per heavy atom. The summed E-state index contributed by atoms with van der Waals surface area (Å²) >= 11 is 11.8. The molecule has 0 unspecified atom stereocenters. The van der Waals surface area contributed by atoms with Gasteiger partial charge in [-0.3, -0.25) is 25.8 Å². The molecule has 34 heavy (non-hydrogen) atoms. The lowest BCUT2D eigenvalue weighted by Crippen LogP contribution is -2.34. The Morgan fingerprint density at radius 1 is 1.06 bits per heavy atom. The van der Waals surface area contributed by atoms with Crippen molar-refractivity contribution in [1.82, 2.24) is 15.4 Å². The van der Waals surface area contributed by atoms with Crippen molar-refractivity contribution in [3.63, 3.8) is 0 Å². The van der Waals surface area contributed by atoms with Crippen molar-refractivity contribution in [3.05, 3.63) is 62.9 Å². The van der Waals surface area contributed by atoms with Crippen LogP contribution in [-0.4, -0.2) is 41.6 Å². The number of hydrogen-bond acceptors (Lipinski definition) is 10. The number of methoxy groups -OCH3 is 2. The summed E-state index contributed by atoms with van der Waals surface area (Å²) in [6, 6.07) is 9.37. The lowest BCUT2D eigenvalue weighted by molar-refractivity contribution is -0.383. The van der Waals surface area contributed by atoms with Gasteiger partial charge in [-0.2, -0.15) is 0 Å². The molecular weight excluding hydrogens is 491 g/mol. The van der Waals surface area contributed by atoms with E-state index in [0.717, 1.165) is 6.33 Å². The second-order valence-electron chi connectivity index (χ2n) is 6.40. The van der Waals surface area contributed by atoms with Crippen LogP contribution in [0.15, 0.2) is 42.7 Å². The third-order valence-electron chi connectivity index (χ3n) is 4.24. The summed E-state index contributed by atoms with van der Waals surface area (Å²) in [5, 5.41) is 15.2. The monoisotopic (exact) mass is 508 g/mol. The van der Waals surface area contributed by atoms with Crippen LogP contribution in [0.3, 0.4) is 0 Å². The average molecular weight is 509 g/mol. The number of nitro groups is 1. The molecule has 2 aromatic carbocycles. The highest BCUT2D eigenvalue weighted by atomic mass is 35.5. The van der Waals surface area contributed by atoms with E-state index in [2.05, 4.69) is 26.1 Å². The second kappa shape index (κ2) is 11.2. The van der Waals surface area contributed by atoms with Crippen LogP contribution in [0, 0.1) is 10.1 Å². The Hall–Kier alpha value is -4.03. The first-order chi connectivity index (χ1) is 16.3. The molecule has 0 saturated carbocycles. The van der Waals surface area contributed by atoms with Gasteiger partial charge in [0.2, 0.25) is 11.6 Å². The standard InChI is InChI=1S/C20H18Cl2N6O6/c1-32-12-4-5-14(16(8-12)33-2)25-19-18(28(30)31)20(24-10-23-19)27-26-17(29)9-34-15-6-3-11(21)7-13(15)22/h3-8,10H,9H2,1-2H3,(H,26,29)(H2,23,24,25,27). The van der Waals surface area contributed by atoms with Gasteiger partial charge >= 0.3 is 5.69 Å². The van der Waals surface area contributed by atoms with Gasteiger partial charge in [-0.15, -0.1) is 0 Å². The number of amides is 1. The molecule has 1 heterocycles. The van der Waals surface area contributed by atoms with Crippen molar-refractivity contribution in [1.29, 1.82) is 0 Å². The van der Waals surface area contributed by atoms with E-state index in [1.807, 2.05) is 0 Å². The molecule has 3 N–H and O–H groups in total. The molecular formula is C20H18Cl2N6O6. The van der Waals surface area contributed by atoms with Crippen molar-refractivity contribution >= 4 is 52.1 Å². The molecule has 1 aromatic heterocycles. The molecule has 0 saturated heterocycles. The number of benzene rings is 2. The van der Waals surface area contributed by atoms with E-state index in [1.165, 1.54) is 26.4 Å². The normalized spacial score (nSPS) is 10.2. The molecule has 0 atom stereocenters. The Kier molecular flexibility index (Phi) is 8.11. The second-order valence-corrected chi connectivity index (χ2v) is 7.25. The first-order valence-corrected chi connectivity index (χ1v) is 10.2. The van der Waals surface area contributed by atoms with Crippen molar-refractivity contribution in [2.45, 2.75) is 0 Å². The van der Waals surface area contributed by atoms with Gasteiger partial charge in [0.1, 0.15) is 23.6 Å². The molecule has 0 fully saturated rings. The summed E-state index contributed by atoms with van der Waals surface area (Å²) in [5.41, 5.74) is 4.57. The van der Waals surface area contributed by atoms with Crippen molar-refractivity contribution in [3.8, 4) is 17.2 Å². The quantitative estimate of drug-likeness (QED) is 0.271. The van der Waals surface area contributed by atoms with Crippen LogP contribution in [0.2, 0.25) is 10.0 Å². The Labute approximate surface area is 203 Å². The summed E-state index contributed by atoms with van der Waals surface area (Å²) in [7, 11) is 2.94. The van der Waals surface area contributed by atoms with Crippen LogP contribution in [0.25, 0.3) is 0 Å². The van der Waals surface area contributed by atoms with Gasteiger partial charge in [0.15, 0.2) is 6.61 Å². The maximum absolute atomic E-state index is 12.1. The molecule has 0 aliphatic carbocycles. The van der Waals surface area contributed by atoms with Gasteiger partial charge in [-0.1, -0.05) is 23.2 Å². The summed E-state index contributed by atoms with van der Waals surface area (Å²) in [4.78, 5) is 31.0. The van der Waals surface area contributed by atoms with Gasteiger partial charge in [-0.25, -0.2) is 9.97 Å². The number of aromatic nitrogens is 2. The molecule has 0 aliphatic heterocycles. The van der Waals surface area contributed by atoms with Gasteiger partial charge < -0.3 is 19.5 Å². The van der Waals surface area contributed by atoms with Crippen molar-refractivity contribution in [2.24, 2.45) is 0 Å². The lowest BCUT2D eigenvalue weighted by Gasteiger charge is -2.14. The number of nitrogens with zero attached hydrogens (tertiary/aromatic N) is 3. The average Bonchev–Trinajstić information content (AvgIpc) is 2.82. The van der Waals surface area contributed by atoms with Crippen LogP contribution in [0.1, 0.15) is 0 Å². The molecule has 0 radical (unpaired) electrons. The highest BCUT2D eigenvalue weighted by Gasteiger charge is 2.24. The fraction of sp³-hybridized carbons (Fsp3) is 0.150. The highest BCUT2D eigenvalue weighted by molar-refractivity contribution is 6.35. The first kappa shape index (κ1) is 24.6. The number of carbonyl (C=O) groups excluding carboxylic acids is 1. The number of hydrogen-bond donors (Lipinski definition) is 3. The Bertz CT molecular complexity index is 1210. The summed E-state index contributed by atoms with van der Waals surface area (Å²) in [5.74, 6) is 0.108. The first-order valence-electron chi connectivity index (χ1n) is 9.43. The molecule has 178 valence electrons. The van der Waals surface area contributed by atoms with E-state index in [0.29, 0.717) is 22.2 Å². The third kappa shape index (κ3) is 6.05. The number of ether oxygens (including phenoxy) is 3. The van der Waals surface area contributed by atoms with E-state index in [4.69, 9.17) is 37.4 Å². The van der Waals surface area contributed by atoms with Gasteiger partial charge in [0.05, 0.1) is 29.9 Å². The van der Waals surface area contributed by atoms with Crippen LogP contribution in [-0.2, 0) is 4.79 Å². The minimum Gasteiger partial charge on any atom is -0.497 e. The highest BCUT2D eigenvalue weighted by Crippen LogP contribution is 2.35. The third-order valence-corrected chi connectivity index (χ3v) is 4.77. The van der Waals surface area contributed by atoms with E-state index in [9.17, 15) is 14.9 Å². The minimum atomic E-state index is -0.698. The SMILES string of the molecule is COc1ccc(Nc2ncnc(NNC(=O)COc3ccc(Cl)cc3Cl)c2[N+](=O)[O-])c(OC)c1. The Balaban J connectivity index is 1.72. The van der Waals surface area contributed by atoms with Crippen LogP contribution in [0.4, 0.5) is 23.0 Å². The number of hydrazine groups is 1. The molecule has 14 heteroatoms. The summed E-state index contributed by atoms with van der Waals surface area (Å²) in [6.07, 6.45) is 1.09. The number of halogens is 2. The molecule has 0 spiro atoms. The molecule has 1 amide bonds. The smallest absolute Gasteiger partial charge is 0.355 e. The van der Waals surface area contributed by atoms with E-state index in [1.54, 1.807) is 24.3 Å². The molecule has 0 aliphatic rings. The molecule has 3 aromatic rings. The topological polar surface area (TPSA) is 150 Å². The van der Waals surface area contributed by atoms with Gasteiger partial charge in [0.25, 0.3) is 5.91 Å². The fourth-order valence-electron chi connectivity index (χ4n) is 2.66. The fourth-order valence-corrected chi connectivity index (χ4v) is 3.13. The zero-order valence-corrected chi connectivity index (χ0v) is 19.3. The van der Waals surface area contributed by atoms with E-state index < -0.39 is 23.1 Å². The summed E-state index contributed by atoms with van der Waals surface area (Å²) in [6.45, 7) is -0.429. The maximum Gasteiger partial charge on any atom is 0.355 e. The van der Waals surface area contributed by atoms with Crippen LogP contribution in [0.5, 0.6) is 17.2 Å². The van der Waals surface area contributed by atoms with E-state index in [-0.39, 0.29) is 22.4 Å².